The van der Waals surface area contributed by atoms with Crippen LogP contribution in [0.5, 0.6) is 0 Å². The van der Waals surface area contributed by atoms with Crippen molar-refractivity contribution in [3.05, 3.63) is 0 Å². The molecule has 0 fully saturated rings. The molecule has 2 atom stereocenters. The molecule has 57 heavy (non-hydrogen) atoms. The van der Waals surface area contributed by atoms with Gasteiger partial charge < -0.3 is 14.2 Å². The molecule has 0 N–H and O–H groups in total. The monoisotopic (exact) mass is 807 g/mol. The zero-order valence-corrected chi connectivity index (χ0v) is 39.0. The molecule has 6 nitrogen and oxygen atoms in total. The second-order valence-electron chi connectivity index (χ2n) is 18.2. The van der Waals surface area contributed by atoms with Gasteiger partial charge in [0.05, 0.1) is 0 Å². The maximum atomic E-state index is 12.7. The van der Waals surface area contributed by atoms with Gasteiger partial charge in [-0.3, -0.25) is 14.4 Å². The van der Waals surface area contributed by atoms with Crippen LogP contribution >= 0.6 is 0 Å². The van der Waals surface area contributed by atoms with Crippen molar-refractivity contribution in [2.75, 3.05) is 13.2 Å². The first-order chi connectivity index (χ1) is 27.8. The van der Waals surface area contributed by atoms with Crippen LogP contribution in [0.25, 0.3) is 0 Å². The molecule has 6 heteroatoms. The molecule has 0 aromatic carbocycles. The predicted molar refractivity (Wildman–Crippen MR) is 243 cm³/mol. The van der Waals surface area contributed by atoms with Gasteiger partial charge in [-0.25, -0.2) is 0 Å². The van der Waals surface area contributed by atoms with Crippen LogP contribution in [0.2, 0.25) is 0 Å². The van der Waals surface area contributed by atoms with Crippen molar-refractivity contribution in [3.63, 3.8) is 0 Å². The number of hydrogen-bond acceptors (Lipinski definition) is 6. The molecule has 0 aliphatic rings. The Bertz CT molecular complexity index is 872. The van der Waals surface area contributed by atoms with Gasteiger partial charge in [0.15, 0.2) is 6.10 Å². The van der Waals surface area contributed by atoms with Gasteiger partial charge in [0, 0.05) is 19.3 Å². The van der Waals surface area contributed by atoms with Gasteiger partial charge >= 0.3 is 17.9 Å². The van der Waals surface area contributed by atoms with Gasteiger partial charge in [0.1, 0.15) is 13.2 Å². The SMILES string of the molecule is CCCCCCCCCCCCCCCCCCCCC(=O)OC[C@@H](COC(=O)CCCCCCCCC(C)CC)OC(=O)CCCCCCCCCCC(C)C. The second-order valence-corrected chi connectivity index (χ2v) is 18.2. The van der Waals surface area contributed by atoms with Crippen molar-refractivity contribution >= 4 is 17.9 Å². The number of unbranched alkanes of at least 4 members (excludes halogenated alkanes) is 29. The molecule has 0 bridgehead atoms. The molecule has 338 valence electrons. The lowest BCUT2D eigenvalue weighted by Gasteiger charge is -2.18. The van der Waals surface area contributed by atoms with E-state index >= 15 is 0 Å². The summed E-state index contributed by atoms with van der Waals surface area (Å²) in [5, 5.41) is 0. The van der Waals surface area contributed by atoms with Crippen LogP contribution in [0.1, 0.15) is 279 Å². The average Bonchev–Trinajstić information content (AvgIpc) is 3.19. The molecule has 0 aromatic rings. The van der Waals surface area contributed by atoms with Gasteiger partial charge in [-0.05, 0) is 31.1 Å². The van der Waals surface area contributed by atoms with Crippen LogP contribution in [0.15, 0.2) is 0 Å². The van der Waals surface area contributed by atoms with E-state index in [-0.39, 0.29) is 31.1 Å². The van der Waals surface area contributed by atoms with Crippen molar-refractivity contribution in [2.24, 2.45) is 11.8 Å². The van der Waals surface area contributed by atoms with Crippen molar-refractivity contribution in [2.45, 2.75) is 285 Å². The lowest BCUT2D eigenvalue weighted by molar-refractivity contribution is -0.167. The second kappa shape index (κ2) is 44.0. The zero-order chi connectivity index (χ0) is 41.9. The predicted octanol–water partition coefficient (Wildman–Crippen LogP) is 16.1. The number of carbonyl (C=O) groups excluding carboxylic acids is 3. The molecule has 0 saturated carbocycles. The van der Waals surface area contributed by atoms with E-state index in [2.05, 4.69) is 34.6 Å². The Morgan fingerprint density at radius 1 is 0.368 bits per heavy atom. The van der Waals surface area contributed by atoms with Crippen LogP contribution in [0, 0.1) is 11.8 Å². The molecule has 0 heterocycles. The number of ether oxygens (including phenoxy) is 3. The maximum absolute atomic E-state index is 12.7. The number of esters is 3. The third-order valence-corrected chi connectivity index (χ3v) is 11.8. The summed E-state index contributed by atoms with van der Waals surface area (Å²) in [7, 11) is 0. The molecule has 0 aromatic heterocycles. The molecule has 0 spiro atoms. The number of rotatable bonds is 45. The molecule has 1 unspecified atom stereocenters. The van der Waals surface area contributed by atoms with E-state index in [1.807, 2.05) is 0 Å². The molecule has 0 saturated heterocycles. The normalized spacial score (nSPS) is 12.5. The first kappa shape index (κ1) is 55.4. The van der Waals surface area contributed by atoms with E-state index < -0.39 is 6.10 Å². The largest absolute Gasteiger partial charge is 0.462 e. The van der Waals surface area contributed by atoms with Crippen LogP contribution in [-0.4, -0.2) is 37.2 Å². The number of hydrogen-bond donors (Lipinski definition) is 0. The molecule has 0 aliphatic carbocycles. The van der Waals surface area contributed by atoms with Crippen LogP contribution in [-0.2, 0) is 28.6 Å². The molecule has 0 radical (unpaired) electrons. The fourth-order valence-corrected chi connectivity index (χ4v) is 7.60. The van der Waals surface area contributed by atoms with Gasteiger partial charge in [-0.1, -0.05) is 240 Å². The maximum Gasteiger partial charge on any atom is 0.306 e. The van der Waals surface area contributed by atoms with Crippen molar-refractivity contribution in [3.8, 4) is 0 Å². The third kappa shape index (κ3) is 43.8. The molecular formula is C51H98O6. The van der Waals surface area contributed by atoms with Crippen LogP contribution in [0.4, 0.5) is 0 Å². The first-order valence-electron chi connectivity index (χ1n) is 25.3. The van der Waals surface area contributed by atoms with E-state index in [9.17, 15) is 14.4 Å². The topological polar surface area (TPSA) is 78.9 Å². The molecule has 0 amide bonds. The van der Waals surface area contributed by atoms with Crippen molar-refractivity contribution in [1.82, 2.24) is 0 Å². The minimum Gasteiger partial charge on any atom is -0.462 e. The smallest absolute Gasteiger partial charge is 0.306 e. The lowest BCUT2D eigenvalue weighted by atomic mass is 10.00. The Labute approximate surface area is 355 Å². The highest BCUT2D eigenvalue weighted by Gasteiger charge is 2.19. The van der Waals surface area contributed by atoms with Gasteiger partial charge in [0.2, 0.25) is 0 Å². The minimum absolute atomic E-state index is 0.0651. The van der Waals surface area contributed by atoms with E-state index in [4.69, 9.17) is 14.2 Å². The van der Waals surface area contributed by atoms with Crippen LogP contribution in [0.3, 0.4) is 0 Å². The van der Waals surface area contributed by atoms with Crippen molar-refractivity contribution in [1.29, 1.82) is 0 Å². The Balaban J connectivity index is 4.25. The molecule has 0 aliphatic heterocycles. The molecule has 0 rings (SSSR count). The third-order valence-electron chi connectivity index (χ3n) is 11.8. The quantitative estimate of drug-likeness (QED) is 0.0346. The van der Waals surface area contributed by atoms with Gasteiger partial charge in [-0.2, -0.15) is 0 Å². The summed E-state index contributed by atoms with van der Waals surface area (Å²) < 4.78 is 16.8. The summed E-state index contributed by atoms with van der Waals surface area (Å²) in [6, 6.07) is 0. The fourth-order valence-electron chi connectivity index (χ4n) is 7.60. The van der Waals surface area contributed by atoms with Crippen LogP contribution < -0.4 is 0 Å². The minimum atomic E-state index is -0.762. The summed E-state index contributed by atoms with van der Waals surface area (Å²) in [4.78, 5) is 37.8. The standard InChI is InChI=1S/C51H98O6/c1-6-8-9-10-11-12-13-14-15-16-17-18-19-20-21-25-31-36-41-49(52)55-44-48(45-56-50(53)42-37-32-28-27-30-35-40-47(5)7-2)57-51(54)43-38-33-26-23-22-24-29-34-39-46(3)4/h46-48H,6-45H2,1-5H3/t47?,48-/m0/s1. The van der Waals surface area contributed by atoms with E-state index in [0.717, 1.165) is 69.6 Å². The lowest BCUT2D eigenvalue weighted by Crippen LogP contribution is -2.30. The fraction of sp³-hybridized carbons (Fsp3) is 0.941. The Morgan fingerprint density at radius 2 is 0.667 bits per heavy atom. The Kier molecular flexibility index (Phi) is 42.7. The summed E-state index contributed by atoms with van der Waals surface area (Å²) in [5.41, 5.74) is 0. The summed E-state index contributed by atoms with van der Waals surface area (Å²) in [5.74, 6) is 0.751. The van der Waals surface area contributed by atoms with E-state index in [1.54, 1.807) is 0 Å². The average molecular weight is 807 g/mol. The van der Waals surface area contributed by atoms with Crippen molar-refractivity contribution < 1.29 is 28.6 Å². The molecular weight excluding hydrogens is 709 g/mol. The Hall–Kier alpha value is -1.59. The first-order valence-corrected chi connectivity index (χ1v) is 25.3. The number of carbonyl (C=O) groups is 3. The van der Waals surface area contributed by atoms with Gasteiger partial charge in [-0.15, -0.1) is 0 Å². The highest BCUT2D eigenvalue weighted by atomic mass is 16.6. The summed E-state index contributed by atoms with van der Waals surface area (Å²) in [6.07, 6.45) is 43.9. The van der Waals surface area contributed by atoms with E-state index in [1.165, 1.54) is 167 Å². The van der Waals surface area contributed by atoms with E-state index in [0.29, 0.717) is 19.3 Å². The summed E-state index contributed by atoms with van der Waals surface area (Å²) in [6.45, 7) is 11.3. The highest BCUT2D eigenvalue weighted by Crippen LogP contribution is 2.17. The highest BCUT2D eigenvalue weighted by molar-refractivity contribution is 5.71. The Morgan fingerprint density at radius 3 is 1.00 bits per heavy atom. The van der Waals surface area contributed by atoms with Gasteiger partial charge in [0.25, 0.3) is 0 Å². The zero-order valence-electron chi connectivity index (χ0n) is 39.0. The summed E-state index contributed by atoms with van der Waals surface area (Å²) >= 11 is 0.